The predicted molar refractivity (Wildman–Crippen MR) is 76.2 cm³/mol. The average molecular weight is 310 g/mol. The highest BCUT2D eigenvalue weighted by molar-refractivity contribution is 9.08. The van der Waals surface area contributed by atoms with Crippen molar-refractivity contribution in [3.8, 4) is 0 Å². The number of ether oxygens (including phenoxy) is 1. The number of carbonyl (C=O) groups excluding carboxylic acids is 1. The standard InChI is InChI=1S/C14H16BrNO2/c1-2-3-8-18-14(17)16-7-6-12-9-11(10-15)4-5-13(12)16/h4-7,9H,2-3,8,10H2,1H3. The molecule has 0 radical (unpaired) electrons. The fourth-order valence-electron chi connectivity index (χ4n) is 1.81. The zero-order valence-electron chi connectivity index (χ0n) is 10.4. The van der Waals surface area contributed by atoms with Crippen LogP contribution in [0.15, 0.2) is 30.5 Å². The molecular formula is C14H16BrNO2. The first kappa shape index (κ1) is 13.1. The molecule has 0 saturated heterocycles. The molecule has 1 aromatic heterocycles. The predicted octanol–water partition coefficient (Wildman–Crippen LogP) is 4.32. The minimum atomic E-state index is -0.301. The Morgan fingerprint density at radius 1 is 1.39 bits per heavy atom. The second-order valence-electron chi connectivity index (χ2n) is 4.18. The van der Waals surface area contributed by atoms with Gasteiger partial charge in [-0.2, -0.15) is 0 Å². The van der Waals surface area contributed by atoms with Gasteiger partial charge in [0.05, 0.1) is 12.1 Å². The summed E-state index contributed by atoms with van der Waals surface area (Å²) in [6, 6.07) is 7.96. The Kier molecular flexibility index (Phi) is 4.42. The van der Waals surface area contributed by atoms with Crippen molar-refractivity contribution in [2.75, 3.05) is 6.61 Å². The SMILES string of the molecule is CCCCOC(=O)n1ccc2cc(CBr)ccc21. The molecule has 96 valence electrons. The molecule has 0 saturated carbocycles. The number of carbonyl (C=O) groups is 1. The zero-order chi connectivity index (χ0) is 13.0. The van der Waals surface area contributed by atoms with E-state index >= 15 is 0 Å². The summed E-state index contributed by atoms with van der Waals surface area (Å²) >= 11 is 3.42. The first-order chi connectivity index (χ1) is 8.76. The van der Waals surface area contributed by atoms with Crippen LogP contribution in [0.5, 0.6) is 0 Å². The number of fused-ring (bicyclic) bond motifs is 1. The van der Waals surface area contributed by atoms with Gasteiger partial charge in [0.2, 0.25) is 0 Å². The molecule has 3 nitrogen and oxygen atoms in total. The van der Waals surface area contributed by atoms with Crippen molar-refractivity contribution in [2.45, 2.75) is 25.1 Å². The van der Waals surface area contributed by atoms with Crippen molar-refractivity contribution >= 4 is 32.9 Å². The quantitative estimate of drug-likeness (QED) is 0.622. The van der Waals surface area contributed by atoms with Gasteiger partial charge < -0.3 is 4.74 Å². The molecule has 0 atom stereocenters. The van der Waals surface area contributed by atoms with Crippen LogP contribution >= 0.6 is 15.9 Å². The molecule has 2 aromatic rings. The van der Waals surface area contributed by atoms with Crippen LogP contribution in [0, 0.1) is 0 Å². The van der Waals surface area contributed by atoms with Gasteiger partial charge in [-0.05, 0) is 30.2 Å². The Balaban J connectivity index is 2.21. The highest BCUT2D eigenvalue weighted by Gasteiger charge is 2.09. The van der Waals surface area contributed by atoms with Gasteiger partial charge in [-0.15, -0.1) is 0 Å². The van der Waals surface area contributed by atoms with Gasteiger partial charge in [-0.25, -0.2) is 4.79 Å². The van der Waals surface area contributed by atoms with Crippen molar-refractivity contribution in [3.63, 3.8) is 0 Å². The minimum absolute atomic E-state index is 0.301. The van der Waals surface area contributed by atoms with Crippen LogP contribution in [-0.4, -0.2) is 17.3 Å². The number of hydrogen-bond donors (Lipinski definition) is 0. The highest BCUT2D eigenvalue weighted by atomic mass is 79.9. The van der Waals surface area contributed by atoms with Crippen LogP contribution in [-0.2, 0) is 10.1 Å². The van der Waals surface area contributed by atoms with E-state index in [1.807, 2.05) is 18.2 Å². The molecule has 0 unspecified atom stereocenters. The number of halogens is 1. The number of unbranched alkanes of at least 4 members (excludes halogenated alkanes) is 1. The van der Waals surface area contributed by atoms with Crippen molar-refractivity contribution in [1.82, 2.24) is 4.57 Å². The van der Waals surface area contributed by atoms with Gasteiger partial charge in [0.15, 0.2) is 0 Å². The van der Waals surface area contributed by atoms with E-state index in [9.17, 15) is 4.79 Å². The van der Waals surface area contributed by atoms with Crippen molar-refractivity contribution in [2.24, 2.45) is 0 Å². The maximum absolute atomic E-state index is 11.9. The lowest BCUT2D eigenvalue weighted by Gasteiger charge is -2.06. The molecule has 4 heteroatoms. The van der Waals surface area contributed by atoms with Gasteiger partial charge in [0.25, 0.3) is 0 Å². The minimum Gasteiger partial charge on any atom is -0.449 e. The van der Waals surface area contributed by atoms with Crippen molar-refractivity contribution in [3.05, 3.63) is 36.0 Å². The first-order valence-electron chi connectivity index (χ1n) is 6.09. The van der Waals surface area contributed by atoms with Gasteiger partial charge in [-0.1, -0.05) is 35.3 Å². The third-order valence-corrected chi connectivity index (χ3v) is 3.48. The Morgan fingerprint density at radius 2 is 2.22 bits per heavy atom. The Morgan fingerprint density at radius 3 is 2.94 bits per heavy atom. The summed E-state index contributed by atoms with van der Waals surface area (Å²) in [4.78, 5) is 11.9. The third kappa shape index (κ3) is 2.75. The fourth-order valence-corrected chi connectivity index (χ4v) is 2.16. The van der Waals surface area contributed by atoms with Crippen LogP contribution in [0.3, 0.4) is 0 Å². The Hall–Kier alpha value is -1.29. The van der Waals surface area contributed by atoms with E-state index in [0.29, 0.717) is 6.61 Å². The van der Waals surface area contributed by atoms with E-state index in [0.717, 1.165) is 29.1 Å². The fraction of sp³-hybridized carbons (Fsp3) is 0.357. The summed E-state index contributed by atoms with van der Waals surface area (Å²) in [5.41, 5.74) is 2.08. The second kappa shape index (κ2) is 6.05. The number of aromatic nitrogens is 1. The smallest absolute Gasteiger partial charge is 0.418 e. The van der Waals surface area contributed by atoms with E-state index in [2.05, 4.69) is 28.9 Å². The van der Waals surface area contributed by atoms with Gasteiger partial charge in [-0.3, -0.25) is 4.57 Å². The maximum atomic E-state index is 11.9. The van der Waals surface area contributed by atoms with E-state index in [4.69, 9.17) is 4.74 Å². The van der Waals surface area contributed by atoms with Crippen LogP contribution in [0.1, 0.15) is 25.3 Å². The Bertz CT molecular complexity index is 548. The molecule has 0 fully saturated rings. The lowest BCUT2D eigenvalue weighted by molar-refractivity contribution is 0.147. The summed E-state index contributed by atoms with van der Waals surface area (Å²) < 4.78 is 6.76. The summed E-state index contributed by atoms with van der Waals surface area (Å²) in [5.74, 6) is 0. The molecule has 0 aliphatic heterocycles. The molecule has 0 spiro atoms. The number of hydrogen-bond acceptors (Lipinski definition) is 2. The van der Waals surface area contributed by atoms with E-state index in [1.165, 1.54) is 5.56 Å². The monoisotopic (exact) mass is 309 g/mol. The van der Waals surface area contributed by atoms with Gasteiger partial charge in [0.1, 0.15) is 0 Å². The third-order valence-electron chi connectivity index (χ3n) is 2.83. The van der Waals surface area contributed by atoms with E-state index < -0.39 is 0 Å². The van der Waals surface area contributed by atoms with Gasteiger partial charge in [0, 0.05) is 16.9 Å². The molecule has 1 aromatic carbocycles. The average Bonchev–Trinajstić information content (AvgIpc) is 2.81. The maximum Gasteiger partial charge on any atom is 0.418 e. The summed E-state index contributed by atoms with van der Waals surface area (Å²) in [7, 11) is 0. The van der Waals surface area contributed by atoms with E-state index in [-0.39, 0.29) is 6.09 Å². The number of alkyl halides is 1. The zero-order valence-corrected chi connectivity index (χ0v) is 11.9. The normalized spacial score (nSPS) is 10.8. The lowest BCUT2D eigenvalue weighted by Crippen LogP contribution is -2.13. The summed E-state index contributed by atoms with van der Waals surface area (Å²) in [6.07, 6.45) is 3.38. The summed E-state index contributed by atoms with van der Waals surface area (Å²) in [5, 5.41) is 1.87. The van der Waals surface area contributed by atoms with Crippen molar-refractivity contribution in [1.29, 1.82) is 0 Å². The van der Waals surface area contributed by atoms with Gasteiger partial charge >= 0.3 is 6.09 Å². The highest BCUT2D eigenvalue weighted by Crippen LogP contribution is 2.19. The number of rotatable bonds is 4. The van der Waals surface area contributed by atoms with Crippen LogP contribution in [0.25, 0.3) is 10.9 Å². The molecule has 0 N–H and O–H groups in total. The number of benzene rings is 1. The summed E-state index contributed by atoms with van der Waals surface area (Å²) in [6.45, 7) is 2.55. The Labute approximate surface area is 115 Å². The lowest BCUT2D eigenvalue weighted by atomic mass is 10.2. The van der Waals surface area contributed by atoms with Crippen molar-refractivity contribution < 1.29 is 9.53 Å². The second-order valence-corrected chi connectivity index (χ2v) is 4.74. The number of nitrogens with zero attached hydrogens (tertiary/aromatic N) is 1. The molecule has 0 aliphatic rings. The molecule has 2 rings (SSSR count). The molecule has 18 heavy (non-hydrogen) atoms. The largest absolute Gasteiger partial charge is 0.449 e. The van der Waals surface area contributed by atoms with Crippen LogP contribution in [0.4, 0.5) is 4.79 Å². The molecule has 0 bridgehead atoms. The van der Waals surface area contributed by atoms with E-state index in [1.54, 1.807) is 10.8 Å². The van der Waals surface area contributed by atoms with Crippen LogP contribution in [0.2, 0.25) is 0 Å². The molecule has 1 heterocycles. The first-order valence-corrected chi connectivity index (χ1v) is 7.21. The van der Waals surface area contributed by atoms with Crippen LogP contribution < -0.4 is 0 Å². The topological polar surface area (TPSA) is 31.2 Å². The molecule has 0 amide bonds. The molecule has 0 aliphatic carbocycles. The molecular weight excluding hydrogens is 294 g/mol.